The molecule has 0 saturated heterocycles. The van der Waals surface area contributed by atoms with Crippen LogP contribution in [0.2, 0.25) is 0 Å². The van der Waals surface area contributed by atoms with Crippen LogP contribution in [-0.4, -0.2) is 13.2 Å². The Morgan fingerprint density at radius 2 is 1.81 bits per heavy atom. The summed E-state index contributed by atoms with van der Waals surface area (Å²) in [5.41, 5.74) is 4.03. The zero-order chi connectivity index (χ0) is 15.1. The number of aryl methyl sites for hydroxylation is 2. The van der Waals surface area contributed by atoms with Gasteiger partial charge in [-0.3, -0.25) is 0 Å². The third kappa shape index (κ3) is 4.61. The smallest absolute Gasteiger partial charge is 0.119 e. The third-order valence-electron chi connectivity index (χ3n) is 3.67. The number of benzene rings is 2. The van der Waals surface area contributed by atoms with Crippen LogP contribution in [0.5, 0.6) is 5.75 Å². The summed E-state index contributed by atoms with van der Waals surface area (Å²) in [6, 6.07) is 17.0. The molecule has 2 aromatic rings. The Kier molecular flexibility index (Phi) is 5.82. The Balaban J connectivity index is 1.98. The average molecular weight is 283 g/mol. The number of ether oxygens (including phenoxy) is 1. The first-order valence-electron chi connectivity index (χ1n) is 7.69. The number of para-hydroxylation sites is 1. The van der Waals surface area contributed by atoms with Crippen molar-refractivity contribution in [3.8, 4) is 5.75 Å². The fraction of sp³-hybridized carbons (Fsp3) is 0.368. The summed E-state index contributed by atoms with van der Waals surface area (Å²) in [5, 5.41) is 3.57. The predicted octanol–water partition coefficient (Wildman–Crippen LogP) is 4.42. The molecule has 0 spiro atoms. The van der Waals surface area contributed by atoms with E-state index in [1.165, 1.54) is 16.7 Å². The maximum atomic E-state index is 5.83. The van der Waals surface area contributed by atoms with Gasteiger partial charge < -0.3 is 10.1 Å². The van der Waals surface area contributed by atoms with Crippen LogP contribution < -0.4 is 10.1 Å². The van der Waals surface area contributed by atoms with E-state index in [9.17, 15) is 0 Å². The minimum atomic E-state index is 0.347. The largest absolute Gasteiger partial charge is 0.494 e. The molecule has 2 aromatic carbocycles. The molecule has 0 amide bonds. The van der Waals surface area contributed by atoms with Gasteiger partial charge in [0.15, 0.2) is 0 Å². The molecule has 2 heteroatoms. The van der Waals surface area contributed by atoms with Crippen LogP contribution in [0.1, 0.15) is 36.1 Å². The topological polar surface area (TPSA) is 21.3 Å². The van der Waals surface area contributed by atoms with Gasteiger partial charge >= 0.3 is 0 Å². The molecule has 112 valence electrons. The SMILES string of the molecule is CCNC(CCOc1ccccc1)c1ccc(C)cc1C. The molecule has 1 unspecified atom stereocenters. The van der Waals surface area contributed by atoms with Gasteiger partial charge in [0.25, 0.3) is 0 Å². The highest BCUT2D eigenvalue weighted by atomic mass is 16.5. The fourth-order valence-electron chi connectivity index (χ4n) is 2.64. The van der Waals surface area contributed by atoms with E-state index in [2.05, 4.69) is 44.3 Å². The Morgan fingerprint density at radius 3 is 2.48 bits per heavy atom. The zero-order valence-electron chi connectivity index (χ0n) is 13.2. The van der Waals surface area contributed by atoms with E-state index < -0.39 is 0 Å². The molecule has 1 N–H and O–H groups in total. The molecule has 2 nitrogen and oxygen atoms in total. The van der Waals surface area contributed by atoms with Gasteiger partial charge in [-0.1, -0.05) is 48.9 Å². The summed E-state index contributed by atoms with van der Waals surface area (Å²) in [6.07, 6.45) is 0.965. The van der Waals surface area contributed by atoms with Crippen LogP contribution in [0.4, 0.5) is 0 Å². The lowest BCUT2D eigenvalue weighted by atomic mass is 9.97. The maximum Gasteiger partial charge on any atom is 0.119 e. The van der Waals surface area contributed by atoms with E-state index in [1.807, 2.05) is 30.3 Å². The van der Waals surface area contributed by atoms with Crippen LogP contribution in [-0.2, 0) is 0 Å². The molecule has 0 heterocycles. The third-order valence-corrected chi connectivity index (χ3v) is 3.67. The van der Waals surface area contributed by atoms with Crippen molar-refractivity contribution in [2.45, 2.75) is 33.2 Å². The minimum Gasteiger partial charge on any atom is -0.494 e. The van der Waals surface area contributed by atoms with Gasteiger partial charge in [-0.25, -0.2) is 0 Å². The van der Waals surface area contributed by atoms with E-state index in [-0.39, 0.29) is 0 Å². The van der Waals surface area contributed by atoms with Crippen LogP contribution in [0.15, 0.2) is 48.5 Å². The van der Waals surface area contributed by atoms with Crippen molar-refractivity contribution in [3.63, 3.8) is 0 Å². The maximum absolute atomic E-state index is 5.83. The van der Waals surface area contributed by atoms with Crippen molar-refractivity contribution in [2.75, 3.05) is 13.2 Å². The van der Waals surface area contributed by atoms with Gasteiger partial charge in [0.2, 0.25) is 0 Å². The Bertz CT molecular complexity index is 551. The number of nitrogens with one attached hydrogen (secondary N) is 1. The normalized spacial score (nSPS) is 12.1. The lowest BCUT2D eigenvalue weighted by Gasteiger charge is -2.21. The molecule has 0 radical (unpaired) electrons. The molecule has 0 saturated carbocycles. The molecule has 0 aliphatic rings. The highest BCUT2D eigenvalue weighted by molar-refractivity contribution is 5.32. The summed E-state index contributed by atoms with van der Waals surface area (Å²) in [7, 11) is 0. The quantitative estimate of drug-likeness (QED) is 0.812. The molecule has 0 aromatic heterocycles. The van der Waals surface area contributed by atoms with Crippen molar-refractivity contribution in [1.29, 1.82) is 0 Å². The fourth-order valence-corrected chi connectivity index (χ4v) is 2.64. The summed E-state index contributed by atoms with van der Waals surface area (Å²) in [6.45, 7) is 8.15. The van der Waals surface area contributed by atoms with Crippen molar-refractivity contribution >= 4 is 0 Å². The Morgan fingerprint density at radius 1 is 1.05 bits per heavy atom. The standard InChI is InChI=1S/C19H25NO/c1-4-20-19(18-11-10-15(2)14-16(18)3)12-13-21-17-8-6-5-7-9-17/h5-11,14,19-20H,4,12-13H2,1-3H3. The second-order valence-electron chi connectivity index (χ2n) is 5.42. The molecule has 0 aliphatic heterocycles. The van der Waals surface area contributed by atoms with E-state index in [0.29, 0.717) is 6.04 Å². The zero-order valence-corrected chi connectivity index (χ0v) is 13.2. The van der Waals surface area contributed by atoms with Crippen molar-refractivity contribution < 1.29 is 4.74 Å². The number of rotatable bonds is 7. The van der Waals surface area contributed by atoms with Crippen LogP contribution in [0.3, 0.4) is 0 Å². The van der Waals surface area contributed by atoms with Crippen LogP contribution >= 0.6 is 0 Å². The van der Waals surface area contributed by atoms with E-state index in [0.717, 1.165) is 25.3 Å². The number of hydrogen-bond acceptors (Lipinski definition) is 2. The second kappa shape index (κ2) is 7.84. The predicted molar refractivity (Wildman–Crippen MR) is 88.9 cm³/mol. The van der Waals surface area contributed by atoms with Crippen molar-refractivity contribution in [3.05, 3.63) is 65.2 Å². The minimum absolute atomic E-state index is 0.347. The Hall–Kier alpha value is -1.80. The van der Waals surface area contributed by atoms with Gasteiger partial charge in [0.05, 0.1) is 6.61 Å². The summed E-state index contributed by atoms with van der Waals surface area (Å²) in [4.78, 5) is 0. The summed E-state index contributed by atoms with van der Waals surface area (Å²) >= 11 is 0. The lowest BCUT2D eigenvalue weighted by Crippen LogP contribution is -2.23. The molecule has 21 heavy (non-hydrogen) atoms. The first kappa shape index (κ1) is 15.6. The average Bonchev–Trinajstić information content (AvgIpc) is 2.48. The molecule has 0 aliphatic carbocycles. The highest BCUT2D eigenvalue weighted by Gasteiger charge is 2.12. The monoisotopic (exact) mass is 283 g/mol. The van der Waals surface area contributed by atoms with E-state index in [1.54, 1.807) is 0 Å². The van der Waals surface area contributed by atoms with Gasteiger partial charge in [0.1, 0.15) is 5.75 Å². The second-order valence-corrected chi connectivity index (χ2v) is 5.42. The Labute approximate surface area is 128 Å². The number of hydrogen-bond donors (Lipinski definition) is 1. The van der Waals surface area contributed by atoms with Crippen molar-refractivity contribution in [2.24, 2.45) is 0 Å². The van der Waals surface area contributed by atoms with Gasteiger partial charge in [-0.2, -0.15) is 0 Å². The van der Waals surface area contributed by atoms with Gasteiger partial charge in [-0.05, 0) is 43.7 Å². The van der Waals surface area contributed by atoms with Gasteiger partial charge in [-0.15, -0.1) is 0 Å². The molecular formula is C19H25NO. The molecular weight excluding hydrogens is 258 g/mol. The molecule has 2 rings (SSSR count). The van der Waals surface area contributed by atoms with Crippen molar-refractivity contribution in [1.82, 2.24) is 5.32 Å². The van der Waals surface area contributed by atoms with E-state index in [4.69, 9.17) is 4.74 Å². The lowest BCUT2D eigenvalue weighted by molar-refractivity contribution is 0.287. The summed E-state index contributed by atoms with van der Waals surface area (Å²) < 4.78 is 5.83. The van der Waals surface area contributed by atoms with Crippen LogP contribution in [0, 0.1) is 13.8 Å². The molecule has 0 fully saturated rings. The molecule has 1 atom stereocenters. The van der Waals surface area contributed by atoms with Crippen LogP contribution in [0.25, 0.3) is 0 Å². The first-order chi connectivity index (χ1) is 10.2. The first-order valence-corrected chi connectivity index (χ1v) is 7.69. The van der Waals surface area contributed by atoms with E-state index >= 15 is 0 Å². The van der Waals surface area contributed by atoms with Gasteiger partial charge in [0, 0.05) is 12.5 Å². The summed E-state index contributed by atoms with van der Waals surface area (Å²) in [5.74, 6) is 0.938. The molecule has 0 bridgehead atoms. The highest BCUT2D eigenvalue weighted by Crippen LogP contribution is 2.22.